The molecule has 34 heavy (non-hydrogen) atoms. The summed E-state index contributed by atoms with van der Waals surface area (Å²) >= 11 is 0. The molecule has 5 nitrogen and oxygen atoms in total. The molecule has 0 bridgehead atoms. The van der Waals surface area contributed by atoms with Crippen LogP contribution < -0.4 is 9.47 Å². The van der Waals surface area contributed by atoms with Crippen molar-refractivity contribution >= 4 is 27.8 Å². The Kier molecular flexibility index (Phi) is 5.91. The van der Waals surface area contributed by atoms with Crippen LogP contribution in [0.5, 0.6) is 11.6 Å². The lowest BCUT2D eigenvalue weighted by atomic mass is 9.97. The molecule has 0 amide bonds. The lowest BCUT2D eigenvalue weighted by Gasteiger charge is -2.10. The van der Waals surface area contributed by atoms with Gasteiger partial charge in [0.1, 0.15) is 5.75 Å². The Balaban J connectivity index is 1.42. The number of ether oxygens (including phenoxy) is 2. The van der Waals surface area contributed by atoms with E-state index in [9.17, 15) is 9.90 Å². The number of aromatic amines is 1. The van der Waals surface area contributed by atoms with Crippen molar-refractivity contribution in [3.63, 3.8) is 0 Å². The van der Waals surface area contributed by atoms with Gasteiger partial charge in [0.15, 0.2) is 0 Å². The fraction of sp³-hybridized carbons (Fsp3) is 0.138. The Morgan fingerprint density at radius 1 is 0.853 bits per heavy atom. The first-order valence-electron chi connectivity index (χ1n) is 11.3. The quantitative estimate of drug-likeness (QED) is 0.200. The monoisotopic (exact) mass is 451 g/mol. The van der Waals surface area contributed by atoms with E-state index in [0.29, 0.717) is 19.4 Å². The van der Waals surface area contributed by atoms with Gasteiger partial charge in [0.05, 0.1) is 12.1 Å². The number of nitrogens with one attached hydrogen (secondary N) is 1. The van der Waals surface area contributed by atoms with Crippen LogP contribution in [0.3, 0.4) is 0 Å². The third-order valence-corrected chi connectivity index (χ3v) is 6.11. The number of H-pyrrole nitrogens is 1. The average molecular weight is 452 g/mol. The summed E-state index contributed by atoms with van der Waals surface area (Å²) in [6.45, 7) is 2.57. The van der Waals surface area contributed by atoms with Crippen LogP contribution in [-0.2, 0) is 6.42 Å². The molecule has 2 N–H and O–H groups in total. The fourth-order valence-corrected chi connectivity index (χ4v) is 4.52. The van der Waals surface area contributed by atoms with E-state index in [1.54, 1.807) is 0 Å². The van der Waals surface area contributed by atoms with Crippen molar-refractivity contribution in [3.8, 4) is 22.8 Å². The van der Waals surface area contributed by atoms with Gasteiger partial charge in [-0.3, -0.25) is 0 Å². The first-order valence-corrected chi connectivity index (χ1v) is 11.3. The molecule has 0 aliphatic heterocycles. The van der Waals surface area contributed by atoms with Crippen LogP contribution in [0.15, 0.2) is 84.9 Å². The highest BCUT2D eigenvalue weighted by Crippen LogP contribution is 2.37. The molecule has 0 aliphatic rings. The number of fused-ring (bicyclic) bond motifs is 2. The second-order valence-electron chi connectivity index (χ2n) is 8.27. The van der Waals surface area contributed by atoms with Gasteiger partial charge in [-0.2, -0.15) is 0 Å². The van der Waals surface area contributed by atoms with E-state index in [0.717, 1.165) is 49.7 Å². The molecule has 0 radical (unpaired) electrons. The van der Waals surface area contributed by atoms with Gasteiger partial charge in [0.25, 0.3) is 0 Å². The van der Waals surface area contributed by atoms with E-state index in [1.807, 2.05) is 54.6 Å². The summed E-state index contributed by atoms with van der Waals surface area (Å²) in [6.07, 6.45) is -0.0111. The molecule has 170 valence electrons. The molecule has 4 aromatic carbocycles. The maximum absolute atomic E-state index is 11.4. The van der Waals surface area contributed by atoms with Gasteiger partial charge in [-0.1, -0.05) is 78.9 Å². The summed E-state index contributed by atoms with van der Waals surface area (Å²) in [6, 6.07) is 28.4. The number of aryl methyl sites for hydroxylation is 2. The molecule has 5 rings (SSSR count). The van der Waals surface area contributed by atoms with E-state index in [4.69, 9.17) is 9.47 Å². The molecule has 1 heterocycles. The normalized spacial score (nSPS) is 11.1. The molecule has 5 aromatic rings. The molecule has 5 heteroatoms. The maximum atomic E-state index is 11.4. The molecular weight excluding hydrogens is 426 g/mol. The number of carboxylic acid groups (broad SMARTS) is 1. The van der Waals surface area contributed by atoms with Crippen molar-refractivity contribution in [2.24, 2.45) is 0 Å². The number of aromatic nitrogens is 1. The van der Waals surface area contributed by atoms with Crippen LogP contribution in [0.2, 0.25) is 0 Å². The molecule has 0 saturated carbocycles. The zero-order valence-electron chi connectivity index (χ0n) is 18.9. The lowest BCUT2D eigenvalue weighted by Crippen LogP contribution is -2.06. The predicted molar refractivity (Wildman–Crippen MR) is 135 cm³/mol. The predicted octanol–water partition coefficient (Wildman–Crippen LogP) is 7.36. The third kappa shape index (κ3) is 4.20. The highest BCUT2D eigenvalue weighted by molar-refractivity contribution is 5.98. The van der Waals surface area contributed by atoms with E-state index in [2.05, 4.69) is 42.2 Å². The van der Waals surface area contributed by atoms with E-state index >= 15 is 0 Å². The van der Waals surface area contributed by atoms with Crippen molar-refractivity contribution in [2.45, 2.75) is 19.8 Å². The van der Waals surface area contributed by atoms with Gasteiger partial charge in [0, 0.05) is 21.9 Å². The van der Waals surface area contributed by atoms with Crippen molar-refractivity contribution in [1.29, 1.82) is 0 Å². The summed E-state index contributed by atoms with van der Waals surface area (Å²) < 4.78 is 11.2. The van der Waals surface area contributed by atoms with Crippen molar-refractivity contribution in [3.05, 3.63) is 96.1 Å². The molecule has 0 fully saturated rings. The van der Waals surface area contributed by atoms with Gasteiger partial charge in [0.2, 0.25) is 5.88 Å². The summed E-state index contributed by atoms with van der Waals surface area (Å²) in [7, 11) is 0. The minimum atomic E-state index is -1.34. The van der Waals surface area contributed by atoms with Crippen molar-refractivity contribution in [1.82, 2.24) is 4.98 Å². The standard InChI is InChI=1S/C29H25NO4/c1-19-9-2-4-12-21(19)23-14-7-15-24-25(28(30-27(23)24)34-29(31)32)16-8-18-33-26-17-6-11-20-10-3-5-13-22(20)26/h2-7,9-15,17,30H,8,16,18H2,1H3,(H,31,32). The summed E-state index contributed by atoms with van der Waals surface area (Å²) in [5.41, 5.74) is 4.98. The summed E-state index contributed by atoms with van der Waals surface area (Å²) in [4.78, 5) is 14.6. The van der Waals surface area contributed by atoms with Gasteiger partial charge < -0.3 is 19.6 Å². The zero-order valence-corrected chi connectivity index (χ0v) is 18.9. The number of benzene rings is 4. The van der Waals surface area contributed by atoms with Crippen LogP contribution in [0.25, 0.3) is 32.8 Å². The topological polar surface area (TPSA) is 71.6 Å². The highest BCUT2D eigenvalue weighted by atomic mass is 16.7. The average Bonchev–Trinajstić information content (AvgIpc) is 3.18. The Labute approximate surface area is 197 Å². The lowest BCUT2D eigenvalue weighted by molar-refractivity contribution is 0.142. The Morgan fingerprint density at radius 3 is 2.41 bits per heavy atom. The maximum Gasteiger partial charge on any atom is 0.512 e. The van der Waals surface area contributed by atoms with Gasteiger partial charge >= 0.3 is 6.16 Å². The van der Waals surface area contributed by atoms with Crippen molar-refractivity contribution < 1.29 is 19.4 Å². The van der Waals surface area contributed by atoms with Crippen LogP contribution in [-0.4, -0.2) is 22.9 Å². The third-order valence-electron chi connectivity index (χ3n) is 6.11. The highest BCUT2D eigenvalue weighted by Gasteiger charge is 2.18. The SMILES string of the molecule is Cc1ccccc1-c1cccc2c(CCCOc3cccc4ccccc34)c(OC(=O)O)[nH]c12. The molecule has 0 unspecified atom stereocenters. The summed E-state index contributed by atoms with van der Waals surface area (Å²) in [5, 5.41) is 12.5. The molecule has 0 spiro atoms. The number of carbonyl (C=O) groups is 1. The number of hydrogen-bond acceptors (Lipinski definition) is 3. The number of hydrogen-bond donors (Lipinski definition) is 2. The minimum Gasteiger partial charge on any atom is -0.493 e. The Hall–Kier alpha value is -4.25. The van der Waals surface area contributed by atoms with Gasteiger partial charge in [-0.05, 0) is 42.3 Å². The van der Waals surface area contributed by atoms with Crippen LogP contribution in [0, 0.1) is 6.92 Å². The number of para-hydroxylation sites is 1. The Morgan fingerprint density at radius 2 is 1.56 bits per heavy atom. The molecule has 0 saturated heterocycles. The smallest absolute Gasteiger partial charge is 0.493 e. The van der Waals surface area contributed by atoms with Crippen LogP contribution >= 0.6 is 0 Å². The van der Waals surface area contributed by atoms with E-state index < -0.39 is 6.16 Å². The number of rotatable bonds is 7. The zero-order chi connectivity index (χ0) is 23.5. The Bertz CT molecular complexity index is 1480. The minimum absolute atomic E-state index is 0.272. The second kappa shape index (κ2) is 9.32. The van der Waals surface area contributed by atoms with Crippen LogP contribution in [0.4, 0.5) is 4.79 Å². The van der Waals surface area contributed by atoms with Gasteiger partial charge in [-0.25, -0.2) is 4.79 Å². The molecule has 0 atom stereocenters. The van der Waals surface area contributed by atoms with Crippen molar-refractivity contribution in [2.75, 3.05) is 6.61 Å². The molecular formula is C29H25NO4. The fourth-order valence-electron chi connectivity index (χ4n) is 4.52. The summed E-state index contributed by atoms with van der Waals surface area (Å²) in [5.74, 6) is 1.12. The first kappa shape index (κ1) is 21.6. The van der Waals surface area contributed by atoms with Crippen LogP contribution in [0.1, 0.15) is 17.5 Å². The molecule has 0 aliphatic carbocycles. The van der Waals surface area contributed by atoms with Gasteiger partial charge in [-0.15, -0.1) is 0 Å². The molecule has 1 aromatic heterocycles. The van der Waals surface area contributed by atoms with E-state index in [-0.39, 0.29) is 5.88 Å². The second-order valence-corrected chi connectivity index (χ2v) is 8.27. The first-order chi connectivity index (χ1) is 16.6. The largest absolute Gasteiger partial charge is 0.512 e. The van der Waals surface area contributed by atoms with E-state index in [1.165, 1.54) is 0 Å².